The molecule has 30 heavy (non-hydrogen) atoms. The van der Waals surface area contributed by atoms with Gasteiger partial charge < -0.3 is 9.84 Å². The second-order valence-electron chi connectivity index (χ2n) is 7.41. The van der Waals surface area contributed by atoms with Crippen LogP contribution in [0.5, 0.6) is 0 Å². The molecule has 1 N–H and O–H groups in total. The van der Waals surface area contributed by atoms with Crippen LogP contribution in [0.1, 0.15) is 35.5 Å². The van der Waals surface area contributed by atoms with E-state index in [2.05, 4.69) is 48.0 Å². The second-order valence-corrected chi connectivity index (χ2v) is 7.41. The van der Waals surface area contributed by atoms with Gasteiger partial charge in [-0.15, -0.1) is 6.58 Å². The molecule has 152 valence electrons. The standard InChI is InChI=1S/C24H24N4O2/c1-5-13-28-17(4)20(23-26-22(27-30-23)18-9-7-6-8-10-18)21(25-24(28)29)19-12-11-15(2)16(3)14-19/h5-12,14,21H,1,13H2,2-4H3,(H,25,29). The van der Waals surface area contributed by atoms with Gasteiger partial charge in [0.2, 0.25) is 5.82 Å². The van der Waals surface area contributed by atoms with Crippen molar-refractivity contribution in [1.29, 1.82) is 0 Å². The summed E-state index contributed by atoms with van der Waals surface area (Å²) in [6.07, 6.45) is 1.69. The van der Waals surface area contributed by atoms with Crippen LogP contribution in [-0.2, 0) is 0 Å². The average molecular weight is 400 g/mol. The Morgan fingerprint density at radius 1 is 1.13 bits per heavy atom. The Bertz CT molecular complexity index is 1130. The smallest absolute Gasteiger partial charge is 0.322 e. The first-order valence-electron chi connectivity index (χ1n) is 9.86. The number of urea groups is 1. The predicted octanol–water partition coefficient (Wildman–Crippen LogP) is 5.04. The van der Waals surface area contributed by atoms with Gasteiger partial charge in [0.1, 0.15) is 0 Å². The van der Waals surface area contributed by atoms with Crippen molar-refractivity contribution in [1.82, 2.24) is 20.4 Å². The van der Waals surface area contributed by atoms with Crippen LogP contribution in [0, 0.1) is 13.8 Å². The molecule has 0 spiro atoms. The SMILES string of the molecule is C=CCN1C(=O)NC(c2ccc(C)c(C)c2)C(c2nc(-c3ccccc3)no2)=C1C. The summed E-state index contributed by atoms with van der Waals surface area (Å²) >= 11 is 0. The van der Waals surface area contributed by atoms with Gasteiger partial charge in [-0.05, 0) is 37.5 Å². The van der Waals surface area contributed by atoms with Crippen molar-refractivity contribution in [3.05, 3.63) is 89.5 Å². The highest BCUT2D eigenvalue weighted by Gasteiger charge is 2.35. The third kappa shape index (κ3) is 3.52. The molecule has 6 heteroatoms. The summed E-state index contributed by atoms with van der Waals surface area (Å²) < 4.78 is 5.67. The minimum absolute atomic E-state index is 0.179. The highest BCUT2D eigenvalue weighted by Crippen LogP contribution is 2.37. The zero-order valence-corrected chi connectivity index (χ0v) is 17.3. The third-order valence-corrected chi connectivity index (χ3v) is 5.46. The number of hydrogen-bond donors (Lipinski definition) is 1. The van der Waals surface area contributed by atoms with Crippen molar-refractivity contribution >= 4 is 11.6 Å². The van der Waals surface area contributed by atoms with Crippen molar-refractivity contribution < 1.29 is 9.32 Å². The lowest BCUT2D eigenvalue weighted by atomic mass is 9.92. The fourth-order valence-electron chi connectivity index (χ4n) is 3.64. The molecule has 0 saturated heterocycles. The maximum absolute atomic E-state index is 12.8. The number of nitrogens with zero attached hydrogens (tertiary/aromatic N) is 3. The lowest BCUT2D eigenvalue weighted by Gasteiger charge is -2.34. The molecule has 1 aromatic heterocycles. The number of aromatic nitrogens is 2. The topological polar surface area (TPSA) is 71.3 Å². The van der Waals surface area contributed by atoms with Crippen LogP contribution >= 0.6 is 0 Å². The molecule has 2 aromatic carbocycles. The summed E-state index contributed by atoms with van der Waals surface area (Å²) in [5.41, 5.74) is 5.75. The number of carbonyl (C=O) groups is 1. The van der Waals surface area contributed by atoms with Crippen LogP contribution in [0.4, 0.5) is 4.79 Å². The van der Waals surface area contributed by atoms with Crippen molar-refractivity contribution in [3.63, 3.8) is 0 Å². The van der Waals surface area contributed by atoms with Crippen LogP contribution < -0.4 is 5.32 Å². The van der Waals surface area contributed by atoms with Gasteiger partial charge in [-0.1, -0.05) is 59.8 Å². The zero-order valence-electron chi connectivity index (χ0n) is 17.3. The summed E-state index contributed by atoms with van der Waals surface area (Å²) in [5, 5.41) is 7.27. The van der Waals surface area contributed by atoms with E-state index < -0.39 is 0 Å². The quantitative estimate of drug-likeness (QED) is 0.609. The van der Waals surface area contributed by atoms with Gasteiger partial charge in [0.05, 0.1) is 11.6 Å². The number of amides is 2. The number of carbonyl (C=O) groups excluding carboxylic acids is 1. The number of rotatable bonds is 5. The molecule has 1 unspecified atom stereocenters. The molecule has 1 aliphatic rings. The molecule has 1 atom stereocenters. The van der Waals surface area contributed by atoms with E-state index in [9.17, 15) is 4.79 Å². The maximum atomic E-state index is 12.8. The maximum Gasteiger partial charge on any atom is 0.322 e. The lowest BCUT2D eigenvalue weighted by molar-refractivity contribution is 0.209. The van der Waals surface area contributed by atoms with Crippen LogP contribution in [0.15, 0.2) is 71.4 Å². The van der Waals surface area contributed by atoms with Crippen molar-refractivity contribution in [2.45, 2.75) is 26.8 Å². The molecular weight excluding hydrogens is 376 g/mol. The Morgan fingerprint density at radius 3 is 2.60 bits per heavy atom. The van der Waals surface area contributed by atoms with Gasteiger partial charge >= 0.3 is 6.03 Å². The van der Waals surface area contributed by atoms with Crippen LogP contribution in [0.25, 0.3) is 17.0 Å². The fraction of sp³-hybridized carbons (Fsp3) is 0.208. The first kappa shape index (κ1) is 19.6. The fourth-order valence-corrected chi connectivity index (χ4v) is 3.64. The van der Waals surface area contributed by atoms with E-state index in [0.717, 1.165) is 28.0 Å². The van der Waals surface area contributed by atoms with E-state index in [1.54, 1.807) is 11.0 Å². The number of hydrogen-bond acceptors (Lipinski definition) is 4. The summed E-state index contributed by atoms with van der Waals surface area (Å²) in [4.78, 5) is 19.1. The van der Waals surface area contributed by atoms with E-state index in [0.29, 0.717) is 18.3 Å². The summed E-state index contributed by atoms with van der Waals surface area (Å²) in [7, 11) is 0. The lowest BCUT2D eigenvalue weighted by Crippen LogP contribution is -2.46. The van der Waals surface area contributed by atoms with E-state index in [1.807, 2.05) is 43.3 Å². The molecule has 0 aliphatic carbocycles. The first-order chi connectivity index (χ1) is 14.5. The predicted molar refractivity (Wildman–Crippen MR) is 116 cm³/mol. The highest BCUT2D eigenvalue weighted by atomic mass is 16.5. The number of benzene rings is 2. The van der Waals surface area contributed by atoms with Gasteiger partial charge in [-0.3, -0.25) is 4.90 Å². The molecule has 0 fully saturated rings. The minimum Gasteiger partial charge on any atom is -0.334 e. The summed E-state index contributed by atoms with van der Waals surface area (Å²) in [5.74, 6) is 0.903. The Hall–Kier alpha value is -3.67. The Labute approximate surface area is 175 Å². The van der Waals surface area contributed by atoms with Gasteiger partial charge in [0.15, 0.2) is 0 Å². The molecule has 2 heterocycles. The van der Waals surface area contributed by atoms with E-state index in [4.69, 9.17) is 4.52 Å². The molecule has 3 aromatic rings. The van der Waals surface area contributed by atoms with Gasteiger partial charge in [0, 0.05) is 17.8 Å². The highest BCUT2D eigenvalue weighted by molar-refractivity contribution is 5.87. The van der Waals surface area contributed by atoms with Gasteiger partial charge in [0.25, 0.3) is 5.89 Å². The molecular formula is C24H24N4O2. The van der Waals surface area contributed by atoms with Gasteiger partial charge in [-0.25, -0.2) is 4.79 Å². The van der Waals surface area contributed by atoms with Crippen molar-refractivity contribution in [2.24, 2.45) is 0 Å². The monoisotopic (exact) mass is 400 g/mol. The van der Waals surface area contributed by atoms with E-state index in [1.165, 1.54) is 5.56 Å². The Balaban J connectivity index is 1.84. The number of aryl methyl sites for hydroxylation is 2. The number of allylic oxidation sites excluding steroid dienone is 1. The molecule has 0 radical (unpaired) electrons. The van der Waals surface area contributed by atoms with E-state index >= 15 is 0 Å². The Morgan fingerprint density at radius 2 is 1.90 bits per heavy atom. The normalized spacial score (nSPS) is 16.6. The van der Waals surface area contributed by atoms with Crippen LogP contribution in [-0.4, -0.2) is 27.6 Å². The van der Waals surface area contributed by atoms with Crippen molar-refractivity contribution in [2.75, 3.05) is 6.54 Å². The second kappa shape index (κ2) is 7.99. The van der Waals surface area contributed by atoms with Crippen LogP contribution in [0.3, 0.4) is 0 Å². The summed E-state index contributed by atoms with van der Waals surface area (Å²) in [6.45, 7) is 10.2. The van der Waals surface area contributed by atoms with Gasteiger partial charge in [-0.2, -0.15) is 4.98 Å². The Kier molecular flexibility index (Phi) is 5.23. The molecule has 0 saturated carbocycles. The molecule has 4 rings (SSSR count). The average Bonchev–Trinajstić information content (AvgIpc) is 3.23. The summed E-state index contributed by atoms with van der Waals surface area (Å²) in [6, 6.07) is 15.3. The molecule has 6 nitrogen and oxygen atoms in total. The van der Waals surface area contributed by atoms with Crippen LogP contribution in [0.2, 0.25) is 0 Å². The first-order valence-corrected chi connectivity index (χ1v) is 9.86. The van der Waals surface area contributed by atoms with Crippen molar-refractivity contribution in [3.8, 4) is 11.4 Å². The number of nitrogens with one attached hydrogen (secondary N) is 1. The molecule has 2 amide bonds. The zero-order chi connectivity index (χ0) is 21.3. The largest absolute Gasteiger partial charge is 0.334 e. The minimum atomic E-state index is -0.387. The molecule has 1 aliphatic heterocycles. The van der Waals surface area contributed by atoms with E-state index in [-0.39, 0.29) is 12.1 Å². The molecule has 0 bridgehead atoms. The third-order valence-electron chi connectivity index (χ3n) is 5.46.